The summed E-state index contributed by atoms with van der Waals surface area (Å²) in [4.78, 5) is 4.71. The van der Waals surface area contributed by atoms with Crippen LogP contribution in [0.4, 0.5) is 0 Å². The van der Waals surface area contributed by atoms with Gasteiger partial charge >= 0.3 is 0 Å². The van der Waals surface area contributed by atoms with Crippen molar-refractivity contribution >= 4 is 5.65 Å². The average molecular weight is 217 g/mol. The van der Waals surface area contributed by atoms with Gasteiger partial charge in [-0.3, -0.25) is 0 Å². The highest BCUT2D eigenvalue weighted by Crippen LogP contribution is 2.29. The third-order valence-corrected chi connectivity index (χ3v) is 3.35. The quantitative estimate of drug-likeness (QED) is 0.858. The van der Waals surface area contributed by atoms with E-state index in [9.17, 15) is 0 Å². The second kappa shape index (κ2) is 3.91. The highest BCUT2D eigenvalue weighted by atomic mass is 15.0. The zero-order valence-corrected chi connectivity index (χ0v) is 10.2. The zero-order valence-electron chi connectivity index (χ0n) is 10.2. The van der Waals surface area contributed by atoms with Gasteiger partial charge in [0, 0.05) is 18.2 Å². The molecule has 0 aromatic carbocycles. The van der Waals surface area contributed by atoms with Gasteiger partial charge in [0.2, 0.25) is 0 Å². The van der Waals surface area contributed by atoms with Crippen molar-refractivity contribution in [2.24, 2.45) is 5.73 Å². The van der Waals surface area contributed by atoms with Gasteiger partial charge in [0.1, 0.15) is 5.65 Å². The zero-order chi connectivity index (χ0) is 11.8. The Kier molecular flexibility index (Phi) is 2.72. The maximum Gasteiger partial charge on any atom is 0.137 e. The molecule has 0 saturated heterocycles. The first-order valence-corrected chi connectivity index (χ1v) is 5.76. The van der Waals surface area contributed by atoms with Gasteiger partial charge in [-0.05, 0) is 18.6 Å². The Morgan fingerprint density at radius 1 is 1.38 bits per heavy atom. The van der Waals surface area contributed by atoms with Crippen LogP contribution in [0.3, 0.4) is 0 Å². The number of hydrogen-bond donors (Lipinski definition) is 1. The van der Waals surface area contributed by atoms with Crippen LogP contribution >= 0.6 is 0 Å². The maximum absolute atomic E-state index is 5.85. The van der Waals surface area contributed by atoms with E-state index in [1.165, 1.54) is 0 Å². The maximum atomic E-state index is 5.85. The molecule has 0 aliphatic heterocycles. The number of nitrogens with zero attached hydrogens (tertiary/aromatic N) is 2. The molecule has 0 radical (unpaired) electrons. The molecule has 2 aromatic rings. The van der Waals surface area contributed by atoms with E-state index in [1.54, 1.807) is 0 Å². The summed E-state index contributed by atoms with van der Waals surface area (Å²) in [5.74, 6) is 0. The molecule has 16 heavy (non-hydrogen) atoms. The smallest absolute Gasteiger partial charge is 0.137 e. The predicted octanol–water partition coefficient (Wildman–Crippen LogP) is 2.48. The topological polar surface area (TPSA) is 43.3 Å². The Morgan fingerprint density at radius 3 is 2.75 bits per heavy atom. The minimum atomic E-state index is 0.0841. The third-order valence-electron chi connectivity index (χ3n) is 3.35. The van der Waals surface area contributed by atoms with E-state index in [0.717, 1.165) is 23.5 Å². The number of nitrogens with two attached hydrogens (primary N) is 1. The SMILES string of the molecule is CCC(C)(C)c1nc2ccccn2c1CN. The lowest BCUT2D eigenvalue weighted by Gasteiger charge is -2.21. The van der Waals surface area contributed by atoms with Crippen molar-refractivity contribution < 1.29 is 0 Å². The van der Waals surface area contributed by atoms with E-state index in [4.69, 9.17) is 10.7 Å². The summed E-state index contributed by atoms with van der Waals surface area (Å²) in [6.07, 6.45) is 3.09. The molecule has 0 spiro atoms. The molecule has 2 rings (SSSR count). The number of aromatic nitrogens is 2. The molecule has 3 heteroatoms. The van der Waals surface area contributed by atoms with Crippen LogP contribution in [0.5, 0.6) is 0 Å². The van der Waals surface area contributed by atoms with Crippen molar-refractivity contribution in [3.63, 3.8) is 0 Å². The van der Waals surface area contributed by atoms with Crippen LogP contribution in [0.15, 0.2) is 24.4 Å². The van der Waals surface area contributed by atoms with Crippen LogP contribution < -0.4 is 5.73 Å². The third kappa shape index (κ3) is 1.61. The first kappa shape index (κ1) is 11.1. The molecule has 0 aliphatic rings. The Balaban J connectivity index is 2.70. The lowest BCUT2D eigenvalue weighted by atomic mass is 9.85. The van der Waals surface area contributed by atoms with Crippen molar-refractivity contribution in [2.45, 2.75) is 39.2 Å². The summed E-state index contributed by atoms with van der Waals surface area (Å²) in [6, 6.07) is 6.04. The van der Waals surface area contributed by atoms with Gasteiger partial charge < -0.3 is 10.1 Å². The van der Waals surface area contributed by atoms with Gasteiger partial charge in [-0.25, -0.2) is 4.98 Å². The average Bonchev–Trinajstić information content (AvgIpc) is 2.68. The molecule has 2 N–H and O–H groups in total. The summed E-state index contributed by atoms with van der Waals surface area (Å²) < 4.78 is 2.09. The van der Waals surface area contributed by atoms with Crippen LogP contribution in [0.25, 0.3) is 5.65 Å². The minimum absolute atomic E-state index is 0.0841. The second-order valence-corrected chi connectivity index (χ2v) is 4.78. The molecule has 86 valence electrons. The molecule has 0 bridgehead atoms. The summed E-state index contributed by atoms with van der Waals surface area (Å²) in [6.45, 7) is 7.15. The Labute approximate surface area is 96.3 Å². The van der Waals surface area contributed by atoms with E-state index < -0.39 is 0 Å². The van der Waals surface area contributed by atoms with E-state index in [0.29, 0.717) is 6.54 Å². The van der Waals surface area contributed by atoms with Gasteiger partial charge in [0.25, 0.3) is 0 Å². The second-order valence-electron chi connectivity index (χ2n) is 4.78. The summed E-state index contributed by atoms with van der Waals surface area (Å²) in [5.41, 5.74) is 9.18. The van der Waals surface area contributed by atoms with Crippen LogP contribution in [0.2, 0.25) is 0 Å². The van der Waals surface area contributed by atoms with E-state index in [1.807, 2.05) is 24.4 Å². The number of hydrogen-bond acceptors (Lipinski definition) is 2. The molecule has 0 aliphatic carbocycles. The number of pyridine rings is 1. The Morgan fingerprint density at radius 2 is 2.12 bits per heavy atom. The summed E-state index contributed by atoms with van der Waals surface area (Å²) >= 11 is 0. The van der Waals surface area contributed by atoms with Gasteiger partial charge in [0.15, 0.2) is 0 Å². The Bertz CT molecular complexity index is 497. The highest BCUT2D eigenvalue weighted by Gasteiger charge is 2.25. The standard InChI is InChI=1S/C13H19N3/c1-4-13(2,3)12-10(9-14)16-8-6-5-7-11(16)15-12/h5-8H,4,9,14H2,1-3H3. The fraction of sp³-hybridized carbons (Fsp3) is 0.462. The molecular formula is C13H19N3. The molecular weight excluding hydrogens is 198 g/mol. The number of fused-ring (bicyclic) bond motifs is 1. The summed E-state index contributed by atoms with van der Waals surface area (Å²) in [5, 5.41) is 0. The Hall–Kier alpha value is -1.35. The van der Waals surface area contributed by atoms with E-state index >= 15 is 0 Å². The van der Waals surface area contributed by atoms with Gasteiger partial charge in [0.05, 0.1) is 11.4 Å². The van der Waals surface area contributed by atoms with Crippen molar-refractivity contribution in [3.8, 4) is 0 Å². The van der Waals surface area contributed by atoms with Crippen molar-refractivity contribution in [3.05, 3.63) is 35.8 Å². The molecule has 0 fully saturated rings. The van der Waals surface area contributed by atoms with Crippen LogP contribution in [-0.4, -0.2) is 9.38 Å². The fourth-order valence-corrected chi connectivity index (χ4v) is 1.95. The predicted molar refractivity (Wildman–Crippen MR) is 66.4 cm³/mol. The summed E-state index contributed by atoms with van der Waals surface area (Å²) in [7, 11) is 0. The fourth-order valence-electron chi connectivity index (χ4n) is 1.95. The number of rotatable bonds is 3. The van der Waals surface area contributed by atoms with Gasteiger partial charge in [-0.15, -0.1) is 0 Å². The van der Waals surface area contributed by atoms with Crippen LogP contribution in [0, 0.1) is 0 Å². The lowest BCUT2D eigenvalue weighted by Crippen LogP contribution is -2.20. The molecule has 0 saturated carbocycles. The van der Waals surface area contributed by atoms with Gasteiger partial charge in [-0.2, -0.15) is 0 Å². The van der Waals surface area contributed by atoms with Crippen LogP contribution in [-0.2, 0) is 12.0 Å². The van der Waals surface area contributed by atoms with Crippen molar-refractivity contribution in [2.75, 3.05) is 0 Å². The molecule has 2 aromatic heterocycles. The highest BCUT2D eigenvalue weighted by molar-refractivity contribution is 5.45. The van der Waals surface area contributed by atoms with Crippen LogP contribution in [0.1, 0.15) is 38.6 Å². The largest absolute Gasteiger partial charge is 0.325 e. The number of imidazole rings is 1. The van der Waals surface area contributed by atoms with E-state index in [-0.39, 0.29) is 5.41 Å². The normalized spacial score (nSPS) is 12.2. The molecule has 3 nitrogen and oxygen atoms in total. The first-order chi connectivity index (χ1) is 7.60. The van der Waals surface area contributed by atoms with Crippen molar-refractivity contribution in [1.82, 2.24) is 9.38 Å². The molecule has 0 unspecified atom stereocenters. The van der Waals surface area contributed by atoms with Gasteiger partial charge in [-0.1, -0.05) is 26.8 Å². The monoisotopic (exact) mass is 217 g/mol. The molecule has 0 amide bonds. The molecule has 0 atom stereocenters. The lowest BCUT2D eigenvalue weighted by molar-refractivity contribution is 0.487. The van der Waals surface area contributed by atoms with E-state index in [2.05, 4.69) is 25.2 Å². The minimum Gasteiger partial charge on any atom is -0.325 e. The molecule has 2 heterocycles. The van der Waals surface area contributed by atoms with Crippen molar-refractivity contribution in [1.29, 1.82) is 0 Å². The first-order valence-electron chi connectivity index (χ1n) is 5.76.